The van der Waals surface area contributed by atoms with E-state index in [1.54, 1.807) is 7.11 Å². The molecule has 3 rings (SSSR count). The SMILES string of the molecule is COc1cc2c(cc1N1CCNCC1)NC(=O)CO2. The van der Waals surface area contributed by atoms with E-state index in [2.05, 4.69) is 15.5 Å². The van der Waals surface area contributed by atoms with Crippen molar-refractivity contribution in [2.75, 3.05) is 50.1 Å². The van der Waals surface area contributed by atoms with Crippen molar-refractivity contribution >= 4 is 17.3 Å². The molecule has 6 nitrogen and oxygen atoms in total. The molecule has 0 aromatic heterocycles. The van der Waals surface area contributed by atoms with Crippen LogP contribution in [-0.4, -0.2) is 45.8 Å². The number of rotatable bonds is 2. The Morgan fingerprint density at radius 2 is 2.11 bits per heavy atom. The summed E-state index contributed by atoms with van der Waals surface area (Å²) in [6.07, 6.45) is 0. The van der Waals surface area contributed by atoms with Crippen molar-refractivity contribution in [3.63, 3.8) is 0 Å². The molecule has 2 aliphatic heterocycles. The van der Waals surface area contributed by atoms with Crippen molar-refractivity contribution in [2.24, 2.45) is 0 Å². The molecule has 1 fully saturated rings. The van der Waals surface area contributed by atoms with Crippen LogP contribution in [0.15, 0.2) is 12.1 Å². The minimum absolute atomic E-state index is 0.0587. The van der Waals surface area contributed by atoms with E-state index in [1.807, 2.05) is 12.1 Å². The van der Waals surface area contributed by atoms with E-state index >= 15 is 0 Å². The number of fused-ring (bicyclic) bond motifs is 1. The van der Waals surface area contributed by atoms with Crippen molar-refractivity contribution in [1.29, 1.82) is 0 Å². The van der Waals surface area contributed by atoms with Gasteiger partial charge in [-0.2, -0.15) is 0 Å². The van der Waals surface area contributed by atoms with Crippen LogP contribution < -0.4 is 25.0 Å². The van der Waals surface area contributed by atoms with E-state index in [9.17, 15) is 4.79 Å². The molecule has 1 saturated heterocycles. The Bertz CT molecular complexity index is 498. The summed E-state index contributed by atoms with van der Waals surface area (Å²) < 4.78 is 10.8. The van der Waals surface area contributed by atoms with Gasteiger partial charge < -0.3 is 25.0 Å². The zero-order chi connectivity index (χ0) is 13.2. The molecular weight excluding hydrogens is 246 g/mol. The van der Waals surface area contributed by atoms with Gasteiger partial charge in [-0.25, -0.2) is 0 Å². The lowest BCUT2D eigenvalue weighted by atomic mass is 10.2. The van der Waals surface area contributed by atoms with Crippen molar-refractivity contribution in [3.8, 4) is 11.5 Å². The van der Waals surface area contributed by atoms with Crippen LogP contribution in [0.1, 0.15) is 0 Å². The zero-order valence-corrected chi connectivity index (χ0v) is 10.9. The van der Waals surface area contributed by atoms with E-state index in [4.69, 9.17) is 9.47 Å². The maximum atomic E-state index is 11.4. The van der Waals surface area contributed by atoms with Crippen LogP contribution in [0, 0.1) is 0 Å². The highest BCUT2D eigenvalue weighted by Gasteiger charge is 2.22. The molecule has 1 aromatic rings. The maximum absolute atomic E-state index is 11.4. The topological polar surface area (TPSA) is 62.8 Å². The average molecular weight is 263 g/mol. The highest BCUT2D eigenvalue weighted by atomic mass is 16.5. The first-order chi connectivity index (χ1) is 9.28. The quantitative estimate of drug-likeness (QED) is 0.810. The first-order valence-corrected chi connectivity index (χ1v) is 6.38. The number of hydrogen-bond acceptors (Lipinski definition) is 5. The molecule has 0 atom stereocenters. The smallest absolute Gasteiger partial charge is 0.262 e. The number of piperazine rings is 1. The van der Waals surface area contributed by atoms with Crippen LogP contribution in [-0.2, 0) is 4.79 Å². The van der Waals surface area contributed by atoms with Crippen LogP contribution in [0.25, 0.3) is 0 Å². The third kappa shape index (κ3) is 2.31. The number of benzene rings is 1. The van der Waals surface area contributed by atoms with Gasteiger partial charge in [0.15, 0.2) is 6.61 Å². The number of anilines is 2. The van der Waals surface area contributed by atoms with Gasteiger partial charge in [-0.15, -0.1) is 0 Å². The Balaban J connectivity index is 1.97. The second kappa shape index (κ2) is 4.97. The van der Waals surface area contributed by atoms with Gasteiger partial charge in [0, 0.05) is 32.2 Å². The molecular formula is C13H17N3O3. The summed E-state index contributed by atoms with van der Waals surface area (Å²) in [6, 6.07) is 3.77. The van der Waals surface area contributed by atoms with E-state index in [0.29, 0.717) is 11.4 Å². The molecule has 102 valence electrons. The number of hydrogen-bond donors (Lipinski definition) is 2. The molecule has 2 aliphatic rings. The summed E-state index contributed by atoms with van der Waals surface area (Å²) >= 11 is 0. The lowest BCUT2D eigenvalue weighted by Gasteiger charge is -2.31. The molecule has 2 heterocycles. The summed E-state index contributed by atoms with van der Waals surface area (Å²) in [6.45, 7) is 3.79. The molecule has 6 heteroatoms. The Morgan fingerprint density at radius 3 is 2.84 bits per heavy atom. The predicted molar refractivity (Wildman–Crippen MR) is 72.2 cm³/mol. The molecule has 1 amide bonds. The van der Waals surface area contributed by atoms with E-state index in [-0.39, 0.29) is 12.5 Å². The number of ether oxygens (including phenoxy) is 2. The highest BCUT2D eigenvalue weighted by molar-refractivity contribution is 5.96. The summed E-state index contributed by atoms with van der Waals surface area (Å²) in [4.78, 5) is 13.6. The van der Waals surface area contributed by atoms with Gasteiger partial charge in [-0.3, -0.25) is 4.79 Å². The van der Waals surface area contributed by atoms with E-state index in [1.165, 1.54) is 0 Å². The van der Waals surface area contributed by atoms with Crippen LogP contribution in [0.5, 0.6) is 11.5 Å². The number of nitrogens with zero attached hydrogens (tertiary/aromatic N) is 1. The molecule has 1 aromatic carbocycles. The summed E-state index contributed by atoms with van der Waals surface area (Å²) in [7, 11) is 1.65. The normalized spacial score (nSPS) is 18.4. The Hall–Kier alpha value is -1.95. The average Bonchev–Trinajstić information content (AvgIpc) is 2.46. The Kier molecular flexibility index (Phi) is 3.16. The third-order valence-corrected chi connectivity index (χ3v) is 3.37. The van der Waals surface area contributed by atoms with Gasteiger partial charge in [-0.05, 0) is 6.07 Å². The summed E-state index contributed by atoms with van der Waals surface area (Å²) in [5, 5.41) is 6.14. The van der Waals surface area contributed by atoms with Gasteiger partial charge in [0.05, 0.1) is 18.5 Å². The van der Waals surface area contributed by atoms with Crippen molar-refractivity contribution in [1.82, 2.24) is 5.32 Å². The molecule has 0 unspecified atom stereocenters. The minimum atomic E-state index is -0.121. The van der Waals surface area contributed by atoms with Crippen molar-refractivity contribution in [3.05, 3.63) is 12.1 Å². The van der Waals surface area contributed by atoms with Crippen LogP contribution >= 0.6 is 0 Å². The van der Waals surface area contributed by atoms with E-state index < -0.39 is 0 Å². The maximum Gasteiger partial charge on any atom is 0.262 e. The summed E-state index contributed by atoms with van der Waals surface area (Å²) in [5.74, 6) is 1.32. The number of carbonyl (C=O) groups is 1. The van der Waals surface area contributed by atoms with Crippen molar-refractivity contribution < 1.29 is 14.3 Å². The second-order valence-electron chi connectivity index (χ2n) is 4.59. The molecule has 0 aliphatic carbocycles. The van der Waals surface area contributed by atoms with Gasteiger partial charge in [0.25, 0.3) is 5.91 Å². The van der Waals surface area contributed by atoms with Crippen molar-refractivity contribution in [2.45, 2.75) is 0 Å². The molecule has 2 N–H and O–H groups in total. The van der Waals surface area contributed by atoms with Gasteiger partial charge in [-0.1, -0.05) is 0 Å². The highest BCUT2D eigenvalue weighted by Crippen LogP contribution is 2.39. The number of methoxy groups -OCH3 is 1. The largest absolute Gasteiger partial charge is 0.494 e. The first-order valence-electron chi connectivity index (χ1n) is 6.38. The van der Waals surface area contributed by atoms with Gasteiger partial charge >= 0.3 is 0 Å². The third-order valence-electron chi connectivity index (χ3n) is 3.37. The van der Waals surface area contributed by atoms with Crippen LogP contribution in [0.3, 0.4) is 0 Å². The summed E-state index contributed by atoms with van der Waals surface area (Å²) in [5.41, 5.74) is 1.71. The van der Waals surface area contributed by atoms with Gasteiger partial charge in [0.1, 0.15) is 11.5 Å². The molecule has 0 bridgehead atoms. The van der Waals surface area contributed by atoms with Gasteiger partial charge in [0.2, 0.25) is 0 Å². The monoisotopic (exact) mass is 263 g/mol. The Labute approximate surface area is 111 Å². The van der Waals surface area contributed by atoms with Crippen LogP contribution in [0.4, 0.5) is 11.4 Å². The van der Waals surface area contributed by atoms with Crippen LogP contribution in [0.2, 0.25) is 0 Å². The number of carbonyl (C=O) groups excluding carboxylic acids is 1. The zero-order valence-electron chi connectivity index (χ0n) is 10.9. The molecule has 0 spiro atoms. The standard InChI is InChI=1S/C13H17N3O3/c1-18-12-7-11-9(15-13(17)8-19-11)6-10(12)16-4-2-14-3-5-16/h6-7,14H,2-5,8H2,1H3,(H,15,17). The second-order valence-corrected chi connectivity index (χ2v) is 4.59. The lowest BCUT2D eigenvalue weighted by molar-refractivity contribution is -0.118. The minimum Gasteiger partial charge on any atom is -0.494 e. The Morgan fingerprint density at radius 1 is 1.32 bits per heavy atom. The fraction of sp³-hybridized carbons (Fsp3) is 0.462. The fourth-order valence-electron chi connectivity index (χ4n) is 2.41. The first kappa shape index (κ1) is 12.1. The lowest BCUT2D eigenvalue weighted by Crippen LogP contribution is -2.43. The number of amides is 1. The molecule has 0 saturated carbocycles. The number of nitrogens with one attached hydrogen (secondary N) is 2. The fourth-order valence-corrected chi connectivity index (χ4v) is 2.41. The molecule has 0 radical (unpaired) electrons. The molecule has 19 heavy (non-hydrogen) atoms. The predicted octanol–water partition coefficient (Wildman–Crippen LogP) is 0.436. The van der Waals surface area contributed by atoms with E-state index in [0.717, 1.165) is 37.6 Å².